The summed E-state index contributed by atoms with van der Waals surface area (Å²) in [4.78, 5) is 14.0. The van der Waals surface area contributed by atoms with Gasteiger partial charge >= 0.3 is 0 Å². The minimum absolute atomic E-state index is 0.0559. The molecule has 2 unspecified atom stereocenters. The van der Waals surface area contributed by atoms with Crippen molar-refractivity contribution in [2.24, 2.45) is 0 Å². The maximum Gasteiger partial charge on any atom is 0.224 e. The lowest BCUT2D eigenvalue weighted by Crippen LogP contribution is -2.30. The molecule has 2 atom stereocenters. The zero-order chi connectivity index (χ0) is 14.8. The standard InChI is InChI=1S/C17H25N3O/c1-3-17(21)19-14-6-4-13(5-7-14)18-15-10-12(2)20(11-15)16-8-9-16/h4-7,12,15-16,18H,3,8-11H2,1-2H3,(H,19,21). The smallest absolute Gasteiger partial charge is 0.224 e. The van der Waals surface area contributed by atoms with Crippen LogP contribution in [0.2, 0.25) is 0 Å². The largest absolute Gasteiger partial charge is 0.381 e. The molecule has 0 aromatic heterocycles. The van der Waals surface area contributed by atoms with E-state index in [9.17, 15) is 4.79 Å². The molecule has 1 aliphatic heterocycles. The Morgan fingerprint density at radius 3 is 2.52 bits per heavy atom. The molecule has 1 amide bonds. The molecule has 4 heteroatoms. The predicted molar refractivity (Wildman–Crippen MR) is 86.6 cm³/mol. The number of carbonyl (C=O) groups is 1. The van der Waals surface area contributed by atoms with Crippen LogP contribution in [0.3, 0.4) is 0 Å². The number of benzene rings is 1. The second-order valence-electron chi connectivity index (χ2n) is 6.33. The van der Waals surface area contributed by atoms with Crippen molar-refractivity contribution >= 4 is 17.3 Å². The molecule has 0 bridgehead atoms. The molecule has 4 nitrogen and oxygen atoms in total. The first-order chi connectivity index (χ1) is 10.2. The van der Waals surface area contributed by atoms with E-state index in [2.05, 4.69) is 34.6 Å². The van der Waals surface area contributed by atoms with Gasteiger partial charge in [-0.25, -0.2) is 0 Å². The van der Waals surface area contributed by atoms with Gasteiger partial charge in [0.2, 0.25) is 5.91 Å². The maximum absolute atomic E-state index is 11.4. The van der Waals surface area contributed by atoms with Crippen LogP contribution in [0, 0.1) is 0 Å². The molecule has 1 saturated heterocycles. The predicted octanol–water partition coefficient (Wildman–Crippen LogP) is 3.07. The van der Waals surface area contributed by atoms with E-state index in [0.29, 0.717) is 18.5 Å². The summed E-state index contributed by atoms with van der Waals surface area (Å²) in [6.07, 6.45) is 4.48. The van der Waals surface area contributed by atoms with Gasteiger partial charge in [-0.15, -0.1) is 0 Å². The van der Waals surface area contributed by atoms with Crippen LogP contribution < -0.4 is 10.6 Å². The second-order valence-corrected chi connectivity index (χ2v) is 6.33. The molecule has 2 fully saturated rings. The van der Waals surface area contributed by atoms with Gasteiger partial charge in [0.15, 0.2) is 0 Å². The Morgan fingerprint density at radius 1 is 1.24 bits per heavy atom. The van der Waals surface area contributed by atoms with Crippen LogP contribution in [0.5, 0.6) is 0 Å². The lowest BCUT2D eigenvalue weighted by Gasteiger charge is -2.20. The van der Waals surface area contributed by atoms with Crippen molar-refractivity contribution in [2.75, 3.05) is 17.2 Å². The quantitative estimate of drug-likeness (QED) is 0.875. The van der Waals surface area contributed by atoms with Crippen molar-refractivity contribution in [3.8, 4) is 0 Å². The molecule has 21 heavy (non-hydrogen) atoms. The van der Waals surface area contributed by atoms with Gasteiger partial charge < -0.3 is 10.6 Å². The molecular weight excluding hydrogens is 262 g/mol. The molecular formula is C17H25N3O. The number of hydrogen-bond acceptors (Lipinski definition) is 3. The minimum Gasteiger partial charge on any atom is -0.381 e. The van der Waals surface area contributed by atoms with Gasteiger partial charge in [0.1, 0.15) is 0 Å². The highest BCUT2D eigenvalue weighted by Gasteiger charge is 2.38. The zero-order valence-corrected chi connectivity index (χ0v) is 12.9. The SMILES string of the molecule is CCC(=O)Nc1ccc(NC2CC(C)N(C3CC3)C2)cc1. The van der Waals surface area contributed by atoms with Crippen LogP contribution in [0.15, 0.2) is 24.3 Å². The first-order valence-electron chi connectivity index (χ1n) is 8.08. The monoisotopic (exact) mass is 287 g/mol. The van der Waals surface area contributed by atoms with E-state index in [1.165, 1.54) is 19.3 Å². The van der Waals surface area contributed by atoms with E-state index in [-0.39, 0.29) is 5.91 Å². The van der Waals surface area contributed by atoms with Gasteiger partial charge in [0.25, 0.3) is 0 Å². The molecule has 0 radical (unpaired) electrons. The van der Waals surface area contributed by atoms with Crippen molar-refractivity contribution in [2.45, 2.75) is 57.7 Å². The van der Waals surface area contributed by atoms with Crippen molar-refractivity contribution < 1.29 is 4.79 Å². The summed E-state index contributed by atoms with van der Waals surface area (Å²) >= 11 is 0. The van der Waals surface area contributed by atoms with Gasteiger partial charge in [-0.05, 0) is 50.5 Å². The van der Waals surface area contributed by atoms with Crippen LogP contribution in [0.1, 0.15) is 39.5 Å². The number of nitrogens with one attached hydrogen (secondary N) is 2. The van der Waals surface area contributed by atoms with E-state index in [4.69, 9.17) is 0 Å². The van der Waals surface area contributed by atoms with Gasteiger partial charge in [-0.1, -0.05) is 6.92 Å². The molecule has 2 N–H and O–H groups in total. The summed E-state index contributed by atoms with van der Waals surface area (Å²) in [7, 11) is 0. The average molecular weight is 287 g/mol. The van der Waals surface area contributed by atoms with Gasteiger partial charge in [-0.2, -0.15) is 0 Å². The lowest BCUT2D eigenvalue weighted by atomic mass is 10.2. The summed E-state index contributed by atoms with van der Waals surface area (Å²) in [5.41, 5.74) is 2.01. The molecule has 114 valence electrons. The number of nitrogens with zero attached hydrogens (tertiary/aromatic N) is 1. The fourth-order valence-electron chi connectivity index (χ4n) is 3.21. The Hall–Kier alpha value is -1.55. The zero-order valence-electron chi connectivity index (χ0n) is 12.9. The summed E-state index contributed by atoms with van der Waals surface area (Å²) in [5, 5.41) is 6.50. The molecule has 1 heterocycles. The molecule has 1 aromatic rings. The Bertz CT molecular complexity index is 495. The highest BCUT2D eigenvalue weighted by Crippen LogP contribution is 2.34. The van der Waals surface area contributed by atoms with Gasteiger partial charge in [-0.3, -0.25) is 9.69 Å². The van der Waals surface area contributed by atoms with Crippen molar-refractivity contribution in [3.63, 3.8) is 0 Å². The Kier molecular flexibility index (Phi) is 4.15. The average Bonchev–Trinajstić information content (AvgIpc) is 3.25. The van der Waals surface area contributed by atoms with Gasteiger partial charge in [0.05, 0.1) is 0 Å². The summed E-state index contributed by atoms with van der Waals surface area (Å²) in [5.74, 6) is 0.0559. The number of hydrogen-bond donors (Lipinski definition) is 2. The van der Waals surface area contributed by atoms with E-state index < -0.39 is 0 Å². The van der Waals surface area contributed by atoms with Crippen LogP contribution in [0.25, 0.3) is 0 Å². The number of likely N-dealkylation sites (tertiary alicyclic amines) is 1. The van der Waals surface area contributed by atoms with Crippen molar-refractivity contribution in [1.82, 2.24) is 4.90 Å². The first-order valence-corrected chi connectivity index (χ1v) is 8.08. The number of carbonyl (C=O) groups excluding carboxylic acids is 1. The molecule has 2 aliphatic rings. The maximum atomic E-state index is 11.4. The van der Waals surface area contributed by atoms with Crippen LogP contribution in [0.4, 0.5) is 11.4 Å². The summed E-state index contributed by atoms with van der Waals surface area (Å²) in [6.45, 7) is 5.35. The third kappa shape index (κ3) is 3.56. The van der Waals surface area contributed by atoms with E-state index >= 15 is 0 Å². The number of amides is 1. The second kappa shape index (κ2) is 6.06. The van der Waals surface area contributed by atoms with E-state index in [1.54, 1.807) is 0 Å². The topological polar surface area (TPSA) is 44.4 Å². The molecule has 1 aromatic carbocycles. The fraction of sp³-hybridized carbons (Fsp3) is 0.588. The van der Waals surface area contributed by atoms with E-state index in [1.807, 2.05) is 19.1 Å². The number of anilines is 2. The third-order valence-corrected chi connectivity index (χ3v) is 4.50. The molecule has 0 spiro atoms. The van der Waals surface area contributed by atoms with Crippen molar-refractivity contribution in [3.05, 3.63) is 24.3 Å². The first kappa shape index (κ1) is 14.4. The minimum atomic E-state index is 0.0559. The van der Waals surface area contributed by atoms with Crippen LogP contribution in [-0.4, -0.2) is 35.5 Å². The fourth-order valence-corrected chi connectivity index (χ4v) is 3.21. The molecule has 3 rings (SSSR count). The normalized spacial score (nSPS) is 25.8. The lowest BCUT2D eigenvalue weighted by molar-refractivity contribution is -0.115. The highest BCUT2D eigenvalue weighted by molar-refractivity contribution is 5.90. The molecule has 1 saturated carbocycles. The Labute approximate surface area is 126 Å². The highest BCUT2D eigenvalue weighted by atomic mass is 16.1. The molecule has 1 aliphatic carbocycles. The Balaban J connectivity index is 1.54. The Morgan fingerprint density at radius 2 is 1.90 bits per heavy atom. The van der Waals surface area contributed by atoms with Gasteiger partial charge in [0, 0.05) is 42.5 Å². The van der Waals surface area contributed by atoms with Crippen molar-refractivity contribution in [1.29, 1.82) is 0 Å². The number of rotatable bonds is 5. The van der Waals surface area contributed by atoms with Crippen LogP contribution >= 0.6 is 0 Å². The van der Waals surface area contributed by atoms with Crippen LogP contribution in [-0.2, 0) is 4.79 Å². The van der Waals surface area contributed by atoms with E-state index in [0.717, 1.165) is 24.0 Å². The summed E-state index contributed by atoms with van der Waals surface area (Å²) in [6, 6.07) is 10.1. The summed E-state index contributed by atoms with van der Waals surface area (Å²) < 4.78 is 0. The third-order valence-electron chi connectivity index (χ3n) is 4.50.